The monoisotopic (exact) mass is 600 g/mol. The van der Waals surface area contributed by atoms with Crippen molar-refractivity contribution in [2.45, 2.75) is 32.4 Å². The first-order chi connectivity index (χ1) is 20.3. The molecule has 7 nitrogen and oxygen atoms in total. The molecule has 0 bridgehead atoms. The van der Waals surface area contributed by atoms with E-state index < -0.39 is 5.97 Å². The summed E-state index contributed by atoms with van der Waals surface area (Å²) in [4.78, 5) is 21.2. The van der Waals surface area contributed by atoms with Crippen molar-refractivity contribution < 1.29 is 13.9 Å². The third-order valence-electron chi connectivity index (χ3n) is 8.00. The van der Waals surface area contributed by atoms with E-state index in [9.17, 15) is 4.79 Å². The lowest BCUT2D eigenvalue weighted by atomic mass is 9.91. The van der Waals surface area contributed by atoms with Gasteiger partial charge in [0.1, 0.15) is 17.6 Å². The van der Waals surface area contributed by atoms with Crippen LogP contribution >= 0.6 is 23.8 Å². The van der Waals surface area contributed by atoms with Crippen molar-refractivity contribution in [1.82, 2.24) is 10.3 Å². The number of carbonyl (C=O) groups excluding carboxylic acids is 1. The fourth-order valence-corrected chi connectivity index (χ4v) is 6.91. The number of rotatable bonds is 6. The highest BCUT2D eigenvalue weighted by molar-refractivity contribution is 7.80. The minimum absolute atomic E-state index is 0.263. The number of ether oxygens (including phenoxy) is 1. The number of benzene rings is 2. The van der Waals surface area contributed by atoms with Crippen molar-refractivity contribution in [2.75, 3.05) is 30.0 Å². The smallest absolute Gasteiger partial charge is 0.337 e. The van der Waals surface area contributed by atoms with E-state index in [0.717, 1.165) is 35.7 Å². The number of halogens is 1. The molecule has 2 fully saturated rings. The van der Waals surface area contributed by atoms with Crippen LogP contribution in [0.3, 0.4) is 0 Å². The van der Waals surface area contributed by atoms with Crippen LogP contribution in [0, 0.1) is 11.8 Å². The Morgan fingerprint density at radius 3 is 2.57 bits per heavy atom. The second-order valence-electron chi connectivity index (χ2n) is 11.3. The summed E-state index contributed by atoms with van der Waals surface area (Å²) in [5.74, 6) is 2.17. The largest absolute Gasteiger partial charge is 0.465 e. The number of anilines is 2. The van der Waals surface area contributed by atoms with Gasteiger partial charge < -0.3 is 24.3 Å². The lowest BCUT2D eigenvalue weighted by molar-refractivity contribution is 0.0601. The molecule has 2 aromatic carbocycles. The van der Waals surface area contributed by atoms with Gasteiger partial charge in [-0.15, -0.1) is 0 Å². The van der Waals surface area contributed by atoms with E-state index in [2.05, 4.69) is 46.1 Å². The normalized spacial score (nSPS) is 22.2. The summed E-state index contributed by atoms with van der Waals surface area (Å²) in [5, 5.41) is 4.73. The molecule has 9 heteroatoms. The summed E-state index contributed by atoms with van der Waals surface area (Å²) in [6.45, 7) is 6.57. The van der Waals surface area contributed by atoms with Gasteiger partial charge in [0.2, 0.25) is 0 Å². The Morgan fingerprint density at radius 2 is 1.86 bits per heavy atom. The van der Waals surface area contributed by atoms with E-state index in [-0.39, 0.29) is 12.1 Å². The Bertz CT molecular complexity index is 1600. The number of nitrogens with one attached hydrogen (secondary N) is 1. The zero-order valence-electron chi connectivity index (χ0n) is 23.8. The molecule has 4 atom stereocenters. The highest BCUT2D eigenvalue weighted by atomic mass is 35.5. The van der Waals surface area contributed by atoms with Crippen molar-refractivity contribution in [2.24, 2.45) is 11.8 Å². The molecule has 42 heavy (non-hydrogen) atoms. The molecule has 0 amide bonds. The third-order valence-corrected chi connectivity index (χ3v) is 8.62. The molecule has 2 aliphatic rings. The molecule has 6 rings (SSSR count). The molecule has 0 aliphatic carbocycles. The molecular formula is C33H33ClN4O3S. The molecule has 216 valence electrons. The Labute approximate surface area is 256 Å². The van der Waals surface area contributed by atoms with E-state index in [0.29, 0.717) is 39.1 Å². The zero-order valence-corrected chi connectivity index (χ0v) is 25.4. The maximum atomic E-state index is 12.1. The number of nitrogens with zero attached hydrogens (tertiary/aromatic N) is 3. The first kappa shape index (κ1) is 28.2. The fraction of sp³-hybridized carbons (Fsp3) is 0.303. The number of pyridine rings is 1. The Balaban J connectivity index is 1.38. The molecule has 0 spiro atoms. The Morgan fingerprint density at radius 1 is 1.05 bits per heavy atom. The van der Waals surface area contributed by atoms with E-state index in [4.69, 9.17) is 33.0 Å². The molecule has 0 unspecified atom stereocenters. The molecule has 0 saturated carbocycles. The Hall–Kier alpha value is -3.88. The van der Waals surface area contributed by atoms with Crippen molar-refractivity contribution in [3.05, 3.63) is 101 Å². The number of hydrogen-bond donors (Lipinski definition) is 1. The van der Waals surface area contributed by atoms with Gasteiger partial charge in [-0.2, -0.15) is 0 Å². The summed E-state index contributed by atoms with van der Waals surface area (Å²) in [6, 6.07) is 22.5. The highest BCUT2D eigenvalue weighted by Crippen LogP contribution is 2.44. The van der Waals surface area contributed by atoms with Gasteiger partial charge in [0.25, 0.3) is 0 Å². The second-order valence-corrected chi connectivity index (χ2v) is 12.1. The number of esters is 1. The lowest BCUT2D eigenvalue weighted by Crippen LogP contribution is -2.38. The first-order valence-corrected chi connectivity index (χ1v) is 14.9. The number of hydrogen-bond acceptors (Lipinski definition) is 6. The van der Waals surface area contributed by atoms with Crippen LogP contribution in [-0.4, -0.2) is 36.3 Å². The lowest BCUT2D eigenvalue weighted by Gasteiger charge is -2.37. The van der Waals surface area contributed by atoms with Gasteiger partial charge in [0.05, 0.1) is 35.1 Å². The maximum absolute atomic E-state index is 12.1. The number of piperidine rings is 1. The first-order valence-electron chi connectivity index (χ1n) is 14.2. The number of thiocarbonyl (C=S) groups is 1. The maximum Gasteiger partial charge on any atom is 0.337 e. The van der Waals surface area contributed by atoms with E-state index >= 15 is 0 Å². The molecule has 0 radical (unpaired) electrons. The summed E-state index contributed by atoms with van der Waals surface area (Å²) in [5.41, 5.74) is 3.98. The van der Waals surface area contributed by atoms with Crippen molar-refractivity contribution in [1.29, 1.82) is 0 Å². The topological polar surface area (TPSA) is 70.8 Å². The van der Waals surface area contributed by atoms with Gasteiger partial charge in [-0.05, 0) is 85.1 Å². The summed E-state index contributed by atoms with van der Waals surface area (Å²) in [6.07, 6.45) is 3.01. The van der Waals surface area contributed by atoms with Crippen LogP contribution in [0.2, 0.25) is 5.02 Å². The van der Waals surface area contributed by atoms with Crippen LogP contribution < -0.4 is 15.1 Å². The van der Waals surface area contributed by atoms with Gasteiger partial charge in [0, 0.05) is 30.5 Å². The van der Waals surface area contributed by atoms with Crippen LogP contribution in [0.5, 0.6) is 0 Å². The van der Waals surface area contributed by atoms with Gasteiger partial charge in [0.15, 0.2) is 5.11 Å². The average molecular weight is 601 g/mol. The predicted octanol–water partition coefficient (Wildman–Crippen LogP) is 7.44. The Kier molecular flexibility index (Phi) is 7.92. The van der Waals surface area contributed by atoms with Crippen molar-refractivity contribution in [3.8, 4) is 11.3 Å². The van der Waals surface area contributed by atoms with Crippen LogP contribution in [-0.2, 0) is 4.74 Å². The standard InChI is InChI=1S/C33H33ClN4O3S/c1-20-15-21(2)19-37(18-20)27-11-10-24(17-25(27)34)38-31(30(36-33(38)42)26-9-4-5-14-35-26)29-13-12-28(41-29)22-7-6-8-23(16-22)32(39)40-3/h4-14,16-17,20-21,30-31H,15,18-19H2,1-3H3,(H,36,42)/t20-,21+,30-,31+/m0/s1. The van der Waals surface area contributed by atoms with Gasteiger partial charge in [-0.3, -0.25) is 4.98 Å². The van der Waals surface area contributed by atoms with E-state index in [1.165, 1.54) is 13.5 Å². The summed E-state index contributed by atoms with van der Waals surface area (Å²) in [7, 11) is 1.37. The molecule has 4 aromatic rings. The number of methoxy groups -OCH3 is 1. The summed E-state index contributed by atoms with van der Waals surface area (Å²) >= 11 is 12.9. The van der Waals surface area contributed by atoms with Crippen molar-refractivity contribution >= 4 is 46.3 Å². The summed E-state index contributed by atoms with van der Waals surface area (Å²) < 4.78 is 11.4. The highest BCUT2D eigenvalue weighted by Gasteiger charge is 2.43. The minimum Gasteiger partial charge on any atom is -0.465 e. The quantitative estimate of drug-likeness (QED) is 0.181. The van der Waals surface area contributed by atoms with E-state index in [1.54, 1.807) is 18.3 Å². The molecule has 1 N–H and O–H groups in total. The zero-order chi connectivity index (χ0) is 29.4. The minimum atomic E-state index is -0.399. The van der Waals surface area contributed by atoms with Crippen molar-refractivity contribution in [3.63, 3.8) is 0 Å². The SMILES string of the molecule is COC(=O)c1cccc(-c2ccc([C@@H]3[C@H](c4ccccn4)NC(=S)N3c3ccc(N4C[C@H](C)C[C@H](C)C4)c(Cl)c3)o2)c1. The van der Waals surface area contributed by atoms with E-state index in [1.807, 2.05) is 48.5 Å². The number of carbonyl (C=O) groups is 1. The van der Waals surface area contributed by atoms with Gasteiger partial charge >= 0.3 is 5.97 Å². The van der Waals surface area contributed by atoms with Crippen LogP contribution in [0.4, 0.5) is 11.4 Å². The second kappa shape index (κ2) is 11.8. The number of aromatic nitrogens is 1. The molecule has 2 saturated heterocycles. The van der Waals surface area contributed by atoms with Crippen LogP contribution in [0.15, 0.2) is 83.4 Å². The molecule has 4 heterocycles. The molecular weight excluding hydrogens is 568 g/mol. The molecule has 2 aromatic heterocycles. The van der Waals surface area contributed by atoms with Gasteiger partial charge in [-0.25, -0.2) is 4.79 Å². The predicted molar refractivity (Wildman–Crippen MR) is 170 cm³/mol. The van der Waals surface area contributed by atoms with Crippen LogP contribution in [0.1, 0.15) is 54.2 Å². The average Bonchev–Trinajstić information content (AvgIpc) is 3.61. The third kappa shape index (κ3) is 5.49. The van der Waals surface area contributed by atoms with Gasteiger partial charge in [-0.1, -0.05) is 43.6 Å². The fourth-order valence-electron chi connectivity index (χ4n) is 6.27. The molecule has 2 aliphatic heterocycles. The number of furan rings is 1. The van der Waals surface area contributed by atoms with Crippen LogP contribution in [0.25, 0.3) is 11.3 Å².